The molecule has 0 fully saturated rings. The number of hydrogen-bond donors (Lipinski definition) is 0. The minimum atomic E-state index is 0.193. The average Bonchev–Trinajstić information content (AvgIpc) is 2.97. The van der Waals surface area contributed by atoms with Crippen molar-refractivity contribution in [1.82, 2.24) is 14.7 Å². The zero-order chi connectivity index (χ0) is 19.6. The van der Waals surface area contributed by atoms with Crippen LogP contribution in [0.3, 0.4) is 0 Å². The van der Waals surface area contributed by atoms with Gasteiger partial charge in [0.15, 0.2) is 11.5 Å². The molecule has 1 aromatic carbocycles. The van der Waals surface area contributed by atoms with E-state index in [2.05, 4.69) is 18.9 Å². The lowest BCUT2D eigenvalue weighted by Gasteiger charge is -2.29. The number of nitrogens with zero attached hydrogens (tertiary/aromatic N) is 3. The summed E-state index contributed by atoms with van der Waals surface area (Å²) in [4.78, 5) is 14.7. The Kier molecular flexibility index (Phi) is 5.73. The zero-order valence-corrected chi connectivity index (χ0v) is 17.0. The molecule has 6 heteroatoms. The van der Waals surface area contributed by atoms with Crippen molar-refractivity contribution in [3.8, 4) is 11.5 Å². The average molecular weight is 371 g/mol. The van der Waals surface area contributed by atoms with E-state index in [1.165, 1.54) is 16.8 Å². The van der Waals surface area contributed by atoms with Gasteiger partial charge in [-0.25, -0.2) is 0 Å². The molecule has 6 nitrogen and oxygen atoms in total. The van der Waals surface area contributed by atoms with Gasteiger partial charge in [-0.1, -0.05) is 0 Å². The van der Waals surface area contributed by atoms with Crippen LogP contribution in [0.2, 0.25) is 0 Å². The van der Waals surface area contributed by atoms with Crippen LogP contribution in [0.25, 0.3) is 0 Å². The summed E-state index contributed by atoms with van der Waals surface area (Å²) < 4.78 is 12.8. The van der Waals surface area contributed by atoms with E-state index in [0.29, 0.717) is 18.7 Å². The zero-order valence-electron chi connectivity index (χ0n) is 17.0. The van der Waals surface area contributed by atoms with Crippen LogP contribution in [-0.4, -0.2) is 41.4 Å². The third-order valence-corrected chi connectivity index (χ3v) is 5.49. The minimum Gasteiger partial charge on any atom is -0.493 e. The standard InChI is InChI=1S/C21H29N3O3/c1-6-24-15(3)18(14(2)22-24)7-8-21(25)23-10-9-16-11-19(26-4)20(27-5)12-17(16)13-23/h11-12H,6-10,13H2,1-5H3. The fourth-order valence-corrected chi connectivity index (χ4v) is 3.89. The first-order valence-electron chi connectivity index (χ1n) is 9.52. The second-order valence-corrected chi connectivity index (χ2v) is 7.01. The fourth-order valence-electron chi connectivity index (χ4n) is 3.89. The molecular formula is C21H29N3O3. The lowest BCUT2D eigenvalue weighted by atomic mass is 9.98. The van der Waals surface area contributed by atoms with Crippen LogP contribution < -0.4 is 9.47 Å². The van der Waals surface area contributed by atoms with Crippen LogP contribution in [0.4, 0.5) is 0 Å². The molecule has 0 unspecified atom stereocenters. The molecule has 0 radical (unpaired) electrons. The summed E-state index contributed by atoms with van der Waals surface area (Å²) in [6.07, 6.45) is 2.10. The van der Waals surface area contributed by atoms with Gasteiger partial charge >= 0.3 is 0 Å². The minimum absolute atomic E-state index is 0.193. The topological polar surface area (TPSA) is 56.6 Å². The Balaban J connectivity index is 1.68. The molecule has 0 aliphatic carbocycles. The normalized spacial score (nSPS) is 13.4. The van der Waals surface area contributed by atoms with E-state index in [4.69, 9.17) is 9.47 Å². The molecular weight excluding hydrogens is 342 g/mol. The van der Waals surface area contributed by atoms with Crippen molar-refractivity contribution >= 4 is 5.91 Å². The van der Waals surface area contributed by atoms with Crippen LogP contribution in [0.1, 0.15) is 41.4 Å². The number of rotatable bonds is 6. The van der Waals surface area contributed by atoms with Crippen molar-refractivity contribution in [2.75, 3.05) is 20.8 Å². The summed E-state index contributed by atoms with van der Waals surface area (Å²) in [6, 6.07) is 4.02. The maximum Gasteiger partial charge on any atom is 0.223 e. The van der Waals surface area contributed by atoms with Gasteiger partial charge in [0, 0.05) is 31.7 Å². The predicted octanol–water partition coefficient (Wildman–Crippen LogP) is 3.05. The van der Waals surface area contributed by atoms with Gasteiger partial charge in [-0.2, -0.15) is 5.10 Å². The Morgan fingerprint density at radius 1 is 1.15 bits per heavy atom. The molecule has 1 aliphatic rings. The summed E-state index contributed by atoms with van der Waals surface area (Å²) >= 11 is 0. The summed E-state index contributed by atoms with van der Waals surface area (Å²) in [5.74, 6) is 1.65. The Morgan fingerprint density at radius 2 is 1.81 bits per heavy atom. The molecule has 146 valence electrons. The van der Waals surface area contributed by atoms with Crippen LogP contribution >= 0.6 is 0 Å². The van der Waals surface area contributed by atoms with Crippen molar-refractivity contribution in [3.63, 3.8) is 0 Å². The van der Waals surface area contributed by atoms with Crippen molar-refractivity contribution in [2.45, 2.75) is 53.1 Å². The maximum atomic E-state index is 12.8. The molecule has 0 saturated carbocycles. The lowest BCUT2D eigenvalue weighted by Crippen LogP contribution is -2.36. The third kappa shape index (κ3) is 3.80. The summed E-state index contributed by atoms with van der Waals surface area (Å²) in [5, 5.41) is 4.55. The molecule has 27 heavy (non-hydrogen) atoms. The largest absolute Gasteiger partial charge is 0.493 e. The fraction of sp³-hybridized carbons (Fsp3) is 0.524. The molecule has 0 saturated heterocycles. The van der Waals surface area contributed by atoms with Gasteiger partial charge < -0.3 is 14.4 Å². The highest BCUT2D eigenvalue weighted by Crippen LogP contribution is 2.33. The van der Waals surface area contributed by atoms with E-state index < -0.39 is 0 Å². The molecule has 0 atom stereocenters. The number of benzene rings is 1. The number of hydrogen-bond acceptors (Lipinski definition) is 4. The van der Waals surface area contributed by atoms with Crippen molar-refractivity contribution in [2.24, 2.45) is 0 Å². The second-order valence-electron chi connectivity index (χ2n) is 7.01. The van der Waals surface area contributed by atoms with Crippen LogP contribution in [0, 0.1) is 13.8 Å². The maximum absolute atomic E-state index is 12.8. The van der Waals surface area contributed by atoms with Gasteiger partial charge in [-0.05, 0) is 62.4 Å². The number of aromatic nitrogens is 2. The highest BCUT2D eigenvalue weighted by Gasteiger charge is 2.23. The predicted molar refractivity (Wildman–Crippen MR) is 104 cm³/mol. The van der Waals surface area contributed by atoms with E-state index in [1.807, 2.05) is 28.6 Å². The SMILES string of the molecule is CCn1nc(C)c(CCC(=O)N2CCc3cc(OC)c(OC)cc3C2)c1C. The quantitative estimate of drug-likeness (QED) is 0.783. The summed E-state index contributed by atoms with van der Waals surface area (Å²) in [5.41, 5.74) is 5.77. The molecule has 1 aromatic heterocycles. The smallest absolute Gasteiger partial charge is 0.223 e. The number of ether oxygens (including phenoxy) is 2. The molecule has 0 N–H and O–H groups in total. The molecule has 2 heterocycles. The molecule has 3 rings (SSSR count). The highest BCUT2D eigenvalue weighted by molar-refractivity contribution is 5.77. The lowest BCUT2D eigenvalue weighted by molar-refractivity contribution is -0.132. The number of carbonyl (C=O) groups is 1. The Bertz CT molecular complexity index is 842. The van der Waals surface area contributed by atoms with Gasteiger partial charge in [0.25, 0.3) is 0 Å². The Hall–Kier alpha value is -2.50. The molecule has 0 bridgehead atoms. The first kappa shape index (κ1) is 19.3. The first-order valence-corrected chi connectivity index (χ1v) is 9.52. The van der Waals surface area contributed by atoms with Gasteiger partial charge in [-0.3, -0.25) is 9.48 Å². The molecule has 1 amide bonds. The number of aryl methyl sites for hydroxylation is 2. The number of carbonyl (C=O) groups excluding carboxylic acids is 1. The van der Waals surface area contributed by atoms with Crippen LogP contribution in [-0.2, 0) is 30.7 Å². The van der Waals surface area contributed by atoms with E-state index >= 15 is 0 Å². The van der Waals surface area contributed by atoms with E-state index in [1.54, 1.807) is 14.2 Å². The van der Waals surface area contributed by atoms with Crippen molar-refractivity contribution in [1.29, 1.82) is 0 Å². The Labute approximate surface area is 161 Å². The molecule has 1 aliphatic heterocycles. The molecule has 0 spiro atoms. The summed E-state index contributed by atoms with van der Waals surface area (Å²) in [7, 11) is 3.28. The number of methoxy groups -OCH3 is 2. The van der Waals surface area contributed by atoms with Crippen molar-refractivity contribution < 1.29 is 14.3 Å². The highest BCUT2D eigenvalue weighted by atomic mass is 16.5. The second kappa shape index (κ2) is 8.03. The van der Waals surface area contributed by atoms with Crippen molar-refractivity contribution in [3.05, 3.63) is 40.2 Å². The van der Waals surface area contributed by atoms with Crippen LogP contribution in [0.15, 0.2) is 12.1 Å². The summed E-state index contributed by atoms with van der Waals surface area (Å²) in [6.45, 7) is 8.42. The van der Waals surface area contributed by atoms with E-state index in [-0.39, 0.29) is 5.91 Å². The van der Waals surface area contributed by atoms with E-state index in [0.717, 1.165) is 42.9 Å². The molecule has 2 aromatic rings. The Morgan fingerprint density at radius 3 is 2.41 bits per heavy atom. The van der Waals surface area contributed by atoms with Gasteiger partial charge in [0.2, 0.25) is 5.91 Å². The van der Waals surface area contributed by atoms with Crippen LogP contribution in [0.5, 0.6) is 11.5 Å². The first-order chi connectivity index (χ1) is 13.0. The monoisotopic (exact) mass is 371 g/mol. The third-order valence-electron chi connectivity index (χ3n) is 5.49. The number of fused-ring (bicyclic) bond motifs is 1. The van der Waals surface area contributed by atoms with Gasteiger partial charge in [0.1, 0.15) is 0 Å². The van der Waals surface area contributed by atoms with Gasteiger partial charge in [-0.15, -0.1) is 0 Å². The van der Waals surface area contributed by atoms with E-state index in [9.17, 15) is 4.79 Å². The number of amides is 1. The van der Waals surface area contributed by atoms with Gasteiger partial charge in [0.05, 0.1) is 19.9 Å².